The number of aryl methyl sites for hydroxylation is 1. The van der Waals surface area contributed by atoms with E-state index in [2.05, 4.69) is 24.9 Å². The van der Waals surface area contributed by atoms with Gasteiger partial charge in [-0.2, -0.15) is 0 Å². The molecule has 0 saturated heterocycles. The van der Waals surface area contributed by atoms with Gasteiger partial charge in [-0.3, -0.25) is 4.98 Å². The van der Waals surface area contributed by atoms with Gasteiger partial charge in [0, 0.05) is 11.1 Å². The molecule has 0 bridgehead atoms. The van der Waals surface area contributed by atoms with E-state index < -0.39 is 0 Å². The van der Waals surface area contributed by atoms with Crippen molar-refractivity contribution in [2.45, 2.75) is 27.2 Å². The minimum absolute atomic E-state index is 0.312. The van der Waals surface area contributed by atoms with Gasteiger partial charge in [-0.25, -0.2) is 4.79 Å². The van der Waals surface area contributed by atoms with E-state index in [4.69, 9.17) is 4.74 Å². The van der Waals surface area contributed by atoms with Gasteiger partial charge in [-0.1, -0.05) is 13.8 Å². The molecular formula is C16H19NO2. The van der Waals surface area contributed by atoms with E-state index in [0.717, 1.165) is 23.0 Å². The predicted molar refractivity (Wildman–Crippen MR) is 76.4 cm³/mol. The van der Waals surface area contributed by atoms with E-state index in [-0.39, 0.29) is 5.97 Å². The fraction of sp³-hybridized carbons (Fsp3) is 0.375. The van der Waals surface area contributed by atoms with Crippen LogP contribution in [0, 0.1) is 12.8 Å². The Labute approximate surface area is 113 Å². The van der Waals surface area contributed by atoms with Crippen LogP contribution in [0.15, 0.2) is 24.3 Å². The number of rotatable bonds is 3. The molecule has 0 aliphatic heterocycles. The van der Waals surface area contributed by atoms with E-state index in [1.165, 1.54) is 12.7 Å². The van der Waals surface area contributed by atoms with Crippen molar-refractivity contribution in [3.8, 4) is 0 Å². The molecule has 0 aliphatic carbocycles. The van der Waals surface area contributed by atoms with Gasteiger partial charge in [-0.15, -0.1) is 0 Å². The number of fused-ring (bicyclic) bond motifs is 1. The quantitative estimate of drug-likeness (QED) is 0.790. The standard InChI is InChI=1S/C16H19NO2/c1-10(2)7-13-9-14-8-12(16(18)19-4)5-6-15(14)17-11(13)3/h5-6,8-10H,7H2,1-4H3. The molecule has 1 aromatic heterocycles. The molecule has 0 spiro atoms. The average molecular weight is 257 g/mol. The molecule has 100 valence electrons. The molecule has 3 heteroatoms. The molecule has 0 N–H and O–H groups in total. The molecule has 0 amide bonds. The summed E-state index contributed by atoms with van der Waals surface area (Å²) in [5.41, 5.74) is 3.78. The van der Waals surface area contributed by atoms with Crippen molar-refractivity contribution < 1.29 is 9.53 Å². The fourth-order valence-corrected chi connectivity index (χ4v) is 2.21. The predicted octanol–water partition coefficient (Wildman–Crippen LogP) is 3.53. The van der Waals surface area contributed by atoms with Crippen molar-refractivity contribution >= 4 is 16.9 Å². The van der Waals surface area contributed by atoms with Gasteiger partial charge in [-0.05, 0) is 49.1 Å². The number of hydrogen-bond donors (Lipinski definition) is 0. The number of carbonyl (C=O) groups excluding carboxylic acids is 1. The minimum atomic E-state index is -0.312. The number of methoxy groups -OCH3 is 1. The first-order valence-electron chi connectivity index (χ1n) is 6.50. The maximum atomic E-state index is 11.5. The Balaban J connectivity index is 2.51. The van der Waals surface area contributed by atoms with Crippen LogP contribution >= 0.6 is 0 Å². The Morgan fingerprint density at radius 1 is 1.32 bits per heavy atom. The van der Waals surface area contributed by atoms with Gasteiger partial charge in [0.25, 0.3) is 0 Å². The van der Waals surface area contributed by atoms with E-state index in [9.17, 15) is 4.79 Å². The Morgan fingerprint density at radius 2 is 2.05 bits per heavy atom. The Bertz CT molecular complexity index is 617. The molecule has 1 heterocycles. The molecule has 0 atom stereocenters. The maximum Gasteiger partial charge on any atom is 0.337 e. The number of hydrogen-bond acceptors (Lipinski definition) is 3. The number of carbonyl (C=O) groups is 1. The van der Waals surface area contributed by atoms with Gasteiger partial charge in [0.15, 0.2) is 0 Å². The van der Waals surface area contributed by atoms with E-state index in [1.807, 2.05) is 19.1 Å². The summed E-state index contributed by atoms with van der Waals surface area (Å²) in [6.45, 7) is 6.41. The van der Waals surface area contributed by atoms with Crippen molar-refractivity contribution in [2.24, 2.45) is 5.92 Å². The molecule has 19 heavy (non-hydrogen) atoms. The second-order valence-corrected chi connectivity index (χ2v) is 5.23. The van der Waals surface area contributed by atoms with Gasteiger partial charge >= 0.3 is 5.97 Å². The third kappa shape index (κ3) is 2.92. The molecule has 3 nitrogen and oxygen atoms in total. The normalized spacial score (nSPS) is 11.0. The van der Waals surface area contributed by atoms with Crippen LogP contribution in [0.5, 0.6) is 0 Å². The molecule has 0 unspecified atom stereocenters. The number of nitrogens with zero attached hydrogens (tertiary/aromatic N) is 1. The van der Waals surface area contributed by atoms with Crippen molar-refractivity contribution in [1.82, 2.24) is 4.98 Å². The SMILES string of the molecule is COC(=O)c1ccc2nc(C)c(CC(C)C)cc2c1. The van der Waals surface area contributed by atoms with Crippen molar-refractivity contribution in [2.75, 3.05) is 7.11 Å². The van der Waals surface area contributed by atoms with Gasteiger partial charge in [0.1, 0.15) is 0 Å². The molecule has 0 fully saturated rings. The number of ether oxygens (including phenoxy) is 1. The third-order valence-corrected chi connectivity index (χ3v) is 3.16. The molecule has 2 aromatic rings. The summed E-state index contributed by atoms with van der Waals surface area (Å²) in [7, 11) is 1.39. The van der Waals surface area contributed by atoms with Crippen LogP contribution in [-0.2, 0) is 11.2 Å². The van der Waals surface area contributed by atoms with Crippen molar-refractivity contribution in [3.63, 3.8) is 0 Å². The second kappa shape index (κ2) is 5.39. The van der Waals surface area contributed by atoms with Crippen LogP contribution < -0.4 is 0 Å². The van der Waals surface area contributed by atoms with Gasteiger partial charge in [0.05, 0.1) is 18.2 Å². The molecular weight excluding hydrogens is 238 g/mol. The lowest BCUT2D eigenvalue weighted by atomic mass is 9.99. The van der Waals surface area contributed by atoms with Crippen LogP contribution in [0.3, 0.4) is 0 Å². The van der Waals surface area contributed by atoms with Crippen LogP contribution in [0.1, 0.15) is 35.5 Å². The molecule has 1 aromatic carbocycles. The first-order chi connectivity index (χ1) is 9.01. The highest BCUT2D eigenvalue weighted by Gasteiger charge is 2.09. The summed E-state index contributed by atoms with van der Waals surface area (Å²) in [5, 5.41) is 0.990. The van der Waals surface area contributed by atoms with Crippen LogP contribution in [0.25, 0.3) is 10.9 Å². The van der Waals surface area contributed by atoms with E-state index in [0.29, 0.717) is 11.5 Å². The summed E-state index contributed by atoms with van der Waals surface area (Å²) >= 11 is 0. The zero-order chi connectivity index (χ0) is 14.0. The van der Waals surface area contributed by atoms with Crippen LogP contribution in [-0.4, -0.2) is 18.1 Å². The lowest BCUT2D eigenvalue weighted by Gasteiger charge is -2.10. The number of pyridine rings is 1. The topological polar surface area (TPSA) is 39.2 Å². The monoisotopic (exact) mass is 257 g/mol. The molecule has 2 rings (SSSR count). The maximum absolute atomic E-state index is 11.5. The summed E-state index contributed by atoms with van der Waals surface area (Å²) in [6.07, 6.45) is 0.997. The average Bonchev–Trinajstić information content (AvgIpc) is 2.37. The number of benzene rings is 1. The molecule has 0 saturated carbocycles. The van der Waals surface area contributed by atoms with E-state index >= 15 is 0 Å². The largest absolute Gasteiger partial charge is 0.465 e. The second-order valence-electron chi connectivity index (χ2n) is 5.23. The summed E-state index contributed by atoms with van der Waals surface area (Å²) in [5.74, 6) is 0.273. The first kappa shape index (κ1) is 13.5. The van der Waals surface area contributed by atoms with Gasteiger partial charge < -0.3 is 4.74 Å². The Kier molecular flexibility index (Phi) is 3.84. The summed E-state index contributed by atoms with van der Waals surface area (Å²) < 4.78 is 4.74. The van der Waals surface area contributed by atoms with E-state index in [1.54, 1.807) is 6.07 Å². The first-order valence-corrected chi connectivity index (χ1v) is 6.50. The zero-order valence-corrected chi connectivity index (χ0v) is 11.9. The molecule has 0 aliphatic rings. The lowest BCUT2D eigenvalue weighted by Crippen LogP contribution is -2.02. The minimum Gasteiger partial charge on any atom is -0.465 e. The fourth-order valence-electron chi connectivity index (χ4n) is 2.21. The summed E-state index contributed by atoms with van der Waals surface area (Å²) in [4.78, 5) is 16.1. The lowest BCUT2D eigenvalue weighted by molar-refractivity contribution is 0.0601. The highest BCUT2D eigenvalue weighted by atomic mass is 16.5. The summed E-state index contributed by atoms with van der Waals surface area (Å²) in [6, 6.07) is 7.60. The highest BCUT2D eigenvalue weighted by molar-refractivity contribution is 5.94. The number of esters is 1. The van der Waals surface area contributed by atoms with Crippen molar-refractivity contribution in [1.29, 1.82) is 0 Å². The van der Waals surface area contributed by atoms with Crippen LogP contribution in [0.4, 0.5) is 0 Å². The van der Waals surface area contributed by atoms with Gasteiger partial charge in [0.2, 0.25) is 0 Å². The Hall–Kier alpha value is -1.90. The molecule has 0 radical (unpaired) electrons. The van der Waals surface area contributed by atoms with Crippen LogP contribution in [0.2, 0.25) is 0 Å². The smallest absolute Gasteiger partial charge is 0.337 e. The van der Waals surface area contributed by atoms with Crippen molar-refractivity contribution in [3.05, 3.63) is 41.1 Å². The zero-order valence-electron chi connectivity index (χ0n) is 11.9. The third-order valence-electron chi connectivity index (χ3n) is 3.16. The highest BCUT2D eigenvalue weighted by Crippen LogP contribution is 2.20. The Morgan fingerprint density at radius 3 is 2.68 bits per heavy atom. The number of aromatic nitrogens is 1.